The van der Waals surface area contributed by atoms with E-state index in [4.69, 9.17) is 4.74 Å². The fourth-order valence-corrected chi connectivity index (χ4v) is 6.18. The third-order valence-corrected chi connectivity index (χ3v) is 8.29. The summed E-state index contributed by atoms with van der Waals surface area (Å²) >= 11 is 1.04. The van der Waals surface area contributed by atoms with Gasteiger partial charge in [0.1, 0.15) is 5.75 Å². The van der Waals surface area contributed by atoms with Crippen LogP contribution in [0.25, 0.3) is 0 Å². The molecule has 224 valence electrons. The van der Waals surface area contributed by atoms with Gasteiger partial charge >= 0.3 is 6.18 Å². The summed E-state index contributed by atoms with van der Waals surface area (Å²) in [6.07, 6.45) is -3.44. The van der Waals surface area contributed by atoms with E-state index in [1.165, 1.54) is 6.07 Å². The molecule has 0 radical (unpaired) electrons. The molecule has 2 heterocycles. The second kappa shape index (κ2) is 13.0. The van der Waals surface area contributed by atoms with Crippen molar-refractivity contribution in [1.29, 1.82) is 0 Å². The molecule has 2 aliphatic heterocycles. The number of fused-ring (bicyclic) bond motifs is 1. The van der Waals surface area contributed by atoms with Crippen LogP contribution in [-0.2, 0) is 17.5 Å². The summed E-state index contributed by atoms with van der Waals surface area (Å²) in [6, 6.07) is 19.2. The summed E-state index contributed by atoms with van der Waals surface area (Å²) < 4.78 is 76.2. The monoisotopic (exact) mass is 605 g/mol. The molecule has 3 aromatic rings. The number of ether oxygens (including phenoxy) is 1. The van der Waals surface area contributed by atoms with E-state index in [0.29, 0.717) is 43.2 Å². The lowest BCUT2D eigenvalue weighted by molar-refractivity contribution is -0.137. The molecule has 42 heavy (non-hydrogen) atoms. The van der Waals surface area contributed by atoms with Gasteiger partial charge < -0.3 is 10.1 Å². The Labute approximate surface area is 245 Å². The Morgan fingerprint density at radius 1 is 1.07 bits per heavy atom. The lowest BCUT2D eigenvalue weighted by atomic mass is 9.97. The molecular weight excluding hydrogens is 573 g/mol. The molecule has 2 aliphatic rings. The Balaban J connectivity index is 1.24. The summed E-state index contributed by atoms with van der Waals surface area (Å²) in [4.78, 5) is 15.4. The standard InChI is InChI=1S/C31H32F5N3O2S/c32-30(33)13-5-14-39(20-30)19-21-10-11-25-26(12-15-41-28(25)16-21)37-29(40)18-27(22-6-2-1-3-7-22)38-42-24-9-4-8-23(17-24)31(34,35)36/h1-4,6-11,16-17,26-27,38H,5,12-15,18-20H2,(H,37,40)/t26-,27-/m1/s1. The molecule has 0 aromatic heterocycles. The average molecular weight is 606 g/mol. The highest BCUT2D eigenvalue weighted by molar-refractivity contribution is 7.97. The van der Waals surface area contributed by atoms with Gasteiger partial charge in [0.2, 0.25) is 5.91 Å². The van der Waals surface area contributed by atoms with Crippen molar-refractivity contribution in [2.75, 3.05) is 19.7 Å². The zero-order valence-corrected chi connectivity index (χ0v) is 23.6. The van der Waals surface area contributed by atoms with Crippen LogP contribution in [0.2, 0.25) is 0 Å². The third kappa shape index (κ3) is 8.02. The topological polar surface area (TPSA) is 53.6 Å². The maximum absolute atomic E-state index is 13.8. The van der Waals surface area contributed by atoms with Crippen LogP contribution in [0.15, 0.2) is 77.7 Å². The number of carbonyl (C=O) groups excluding carboxylic acids is 1. The first kappa shape index (κ1) is 30.3. The molecule has 5 rings (SSSR count). The van der Waals surface area contributed by atoms with Gasteiger partial charge in [-0.2, -0.15) is 13.2 Å². The van der Waals surface area contributed by atoms with Crippen LogP contribution in [0.4, 0.5) is 22.0 Å². The van der Waals surface area contributed by atoms with Crippen LogP contribution in [0.3, 0.4) is 0 Å². The zero-order chi connectivity index (χ0) is 29.7. The number of hydrogen-bond donors (Lipinski definition) is 2. The van der Waals surface area contributed by atoms with E-state index in [9.17, 15) is 26.7 Å². The largest absolute Gasteiger partial charge is 0.493 e. The third-order valence-electron chi connectivity index (χ3n) is 7.40. The SMILES string of the molecule is O=C(C[C@@H](NSc1cccc(C(F)(F)F)c1)c1ccccc1)N[C@@H]1CCOc2cc(CN3CCCC(F)(F)C3)ccc21. The van der Waals surface area contributed by atoms with Gasteiger partial charge in [-0.25, -0.2) is 8.78 Å². The van der Waals surface area contributed by atoms with Crippen LogP contribution in [0, 0.1) is 0 Å². The smallest absolute Gasteiger partial charge is 0.416 e. The van der Waals surface area contributed by atoms with Crippen molar-refractivity contribution in [2.24, 2.45) is 0 Å². The number of carbonyl (C=O) groups is 1. The van der Waals surface area contributed by atoms with Gasteiger partial charge in [0.05, 0.1) is 30.8 Å². The van der Waals surface area contributed by atoms with Gasteiger partial charge in [-0.3, -0.25) is 14.4 Å². The van der Waals surface area contributed by atoms with Crippen LogP contribution < -0.4 is 14.8 Å². The quantitative estimate of drug-likeness (QED) is 0.198. The molecule has 1 amide bonds. The van der Waals surface area contributed by atoms with Crippen molar-refractivity contribution < 1.29 is 31.5 Å². The molecule has 0 spiro atoms. The molecule has 2 N–H and O–H groups in total. The number of hydrogen-bond acceptors (Lipinski definition) is 5. The van der Waals surface area contributed by atoms with Crippen LogP contribution in [-0.4, -0.2) is 36.4 Å². The number of nitrogens with zero attached hydrogens (tertiary/aromatic N) is 1. The first-order valence-corrected chi connectivity index (χ1v) is 14.7. The van der Waals surface area contributed by atoms with Crippen molar-refractivity contribution in [3.8, 4) is 5.75 Å². The maximum Gasteiger partial charge on any atom is 0.416 e. The van der Waals surface area contributed by atoms with Gasteiger partial charge in [0.25, 0.3) is 5.92 Å². The summed E-state index contributed by atoms with van der Waals surface area (Å²) in [5.41, 5.74) is 1.79. The van der Waals surface area contributed by atoms with E-state index in [2.05, 4.69) is 10.0 Å². The van der Waals surface area contributed by atoms with Crippen LogP contribution >= 0.6 is 11.9 Å². The number of piperidine rings is 1. The number of nitrogens with one attached hydrogen (secondary N) is 2. The summed E-state index contributed by atoms with van der Waals surface area (Å²) in [6.45, 7) is 1.16. The summed E-state index contributed by atoms with van der Waals surface area (Å²) in [5.74, 6) is -2.26. The lowest BCUT2D eigenvalue weighted by Crippen LogP contribution is -2.42. The highest BCUT2D eigenvalue weighted by Gasteiger charge is 2.35. The van der Waals surface area contributed by atoms with Crippen LogP contribution in [0.1, 0.15) is 60.0 Å². The molecule has 1 saturated heterocycles. The number of alkyl halides is 5. The molecule has 0 unspecified atom stereocenters. The maximum atomic E-state index is 13.8. The number of amides is 1. The molecular formula is C31H32F5N3O2S. The number of likely N-dealkylation sites (tertiary alicyclic amines) is 1. The summed E-state index contributed by atoms with van der Waals surface area (Å²) in [5, 5.41) is 3.09. The first-order chi connectivity index (χ1) is 20.1. The van der Waals surface area contributed by atoms with Gasteiger partial charge in [-0.05, 0) is 60.3 Å². The number of halogens is 5. The highest BCUT2D eigenvalue weighted by atomic mass is 32.2. The van der Waals surface area contributed by atoms with Crippen molar-refractivity contribution in [3.05, 3.63) is 95.1 Å². The van der Waals surface area contributed by atoms with Crippen LogP contribution in [0.5, 0.6) is 5.75 Å². The Kier molecular flexibility index (Phi) is 9.39. The fourth-order valence-electron chi connectivity index (χ4n) is 5.35. The van der Waals surface area contributed by atoms with Gasteiger partial charge in [0, 0.05) is 36.3 Å². The minimum atomic E-state index is -4.45. The second-order valence-corrected chi connectivity index (χ2v) is 11.6. The van der Waals surface area contributed by atoms with E-state index in [1.54, 1.807) is 11.0 Å². The highest BCUT2D eigenvalue weighted by Crippen LogP contribution is 2.35. The molecule has 2 atom stereocenters. The lowest BCUT2D eigenvalue weighted by Gasteiger charge is -2.33. The van der Waals surface area contributed by atoms with E-state index >= 15 is 0 Å². The normalized spacial score (nSPS) is 19.4. The van der Waals surface area contributed by atoms with Crippen molar-refractivity contribution in [1.82, 2.24) is 14.9 Å². The van der Waals surface area contributed by atoms with Gasteiger partial charge in [-0.15, -0.1) is 0 Å². The van der Waals surface area contributed by atoms with Crippen molar-refractivity contribution in [3.63, 3.8) is 0 Å². The Hall–Kier alpha value is -3.15. The minimum absolute atomic E-state index is 0.0594. The van der Waals surface area contributed by atoms with E-state index < -0.39 is 23.7 Å². The zero-order valence-electron chi connectivity index (χ0n) is 22.8. The fraction of sp³-hybridized carbons (Fsp3) is 0.387. The molecule has 0 bridgehead atoms. The molecule has 0 saturated carbocycles. The summed E-state index contributed by atoms with van der Waals surface area (Å²) in [7, 11) is 0. The predicted octanol–water partition coefficient (Wildman–Crippen LogP) is 7.30. The molecule has 11 heteroatoms. The molecule has 5 nitrogen and oxygen atoms in total. The van der Waals surface area contributed by atoms with E-state index in [-0.39, 0.29) is 31.3 Å². The average Bonchev–Trinajstić information content (AvgIpc) is 2.95. The molecule has 0 aliphatic carbocycles. The first-order valence-electron chi connectivity index (χ1n) is 13.9. The van der Waals surface area contributed by atoms with E-state index in [0.717, 1.165) is 40.8 Å². The minimum Gasteiger partial charge on any atom is -0.493 e. The molecule has 1 fully saturated rings. The number of benzene rings is 3. The van der Waals surface area contributed by atoms with Gasteiger partial charge in [0.15, 0.2) is 0 Å². The van der Waals surface area contributed by atoms with Crippen molar-refractivity contribution in [2.45, 2.75) is 61.3 Å². The number of rotatable bonds is 9. The van der Waals surface area contributed by atoms with E-state index in [1.807, 2.05) is 48.5 Å². The van der Waals surface area contributed by atoms with Crippen molar-refractivity contribution >= 4 is 17.9 Å². The molecule has 3 aromatic carbocycles. The predicted molar refractivity (Wildman–Crippen MR) is 151 cm³/mol. The Morgan fingerprint density at radius 3 is 2.64 bits per heavy atom. The Morgan fingerprint density at radius 2 is 1.88 bits per heavy atom. The second-order valence-electron chi connectivity index (χ2n) is 10.7. The van der Waals surface area contributed by atoms with Gasteiger partial charge in [-0.1, -0.05) is 48.5 Å². The Bertz CT molecular complexity index is 1370.